The molecular formula is C20H21ClN2. The zero-order valence-corrected chi connectivity index (χ0v) is 14.2. The van der Waals surface area contributed by atoms with Crippen molar-refractivity contribution in [1.82, 2.24) is 0 Å². The molecule has 0 aliphatic carbocycles. The molecule has 0 N–H and O–H groups in total. The number of benzene rings is 2. The van der Waals surface area contributed by atoms with Crippen molar-refractivity contribution in [2.75, 3.05) is 19.0 Å². The second kappa shape index (κ2) is 7.80. The molecule has 1 aromatic heterocycles. The summed E-state index contributed by atoms with van der Waals surface area (Å²) in [5, 5.41) is 0. The number of rotatable bonds is 4. The molecule has 0 aliphatic heterocycles. The van der Waals surface area contributed by atoms with Crippen LogP contribution in [0.25, 0.3) is 0 Å². The van der Waals surface area contributed by atoms with Crippen LogP contribution in [-0.2, 0) is 0 Å². The summed E-state index contributed by atoms with van der Waals surface area (Å²) in [6.07, 6.45) is 4.31. The molecule has 0 amide bonds. The van der Waals surface area contributed by atoms with Gasteiger partial charge in [0.2, 0.25) is 6.04 Å². The van der Waals surface area contributed by atoms with E-state index in [0.29, 0.717) is 0 Å². The lowest BCUT2D eigenvalue weighted by Gasteiger charge is -2.15. The van der Waals surface area contributed by atoms with Crippen molar-refractivity contribution in [3.05, 3.63) is 96.3 Å². The van der Waals surface area contributed by atoms with Crippen LogP contribution in [0.4, 0.5) is 5.69 Å². The average Bonchev–Trinajstić information content (AvgIpc) is 2.57. The summed E-state index contributed by atoms with van der Waals surface area (Å²) >= 11 is 0. The summed E-state index contributed by atoms with van der Waals surface area (Å²) in [5.74, 6) is 0. The highest BCUT2D eigenvalue weighted by Crippen LogP contribution is 2.21. The molecule has 3 heteroatoms. The predicted octanol–water partition coefficient (Wildman–Crippen LogP) is 0.682. The molecular weight excluding hydrogens is 304 g/mol. The normalized spacial score (nSPS) is 10.2. The monoisotopic (exact) mass is 324 g/mol. The predicted molar refractivity (Wildman–Crippen MR) is 91.1 cm³/mol. The third-order valence-corrected chi connectivity index (χ3v) is 3.88. The number of hydrogen-bond donors (Lipinski definition) is 0. The maximum absolute atomic E-state index is 2.26. The fraction of sp³-hybridized carbons (Fsp3) is 0.150. The highest BCUT2D eigenvalue weighted by molar-refractivity contribution is 5.41. The van der Waals surface area contributed by atoms with Gasteiger partial charge in [-0.3, -0.25) is 0 Å². The van der Waals surface area contributed by atoms with E-state index in [1.165, 1.54) is 16.8 Å². The number of hydrogen-bond acceptors (Lipinski definition) is 1. The number of nitrogens with zero attached hydrogens (tertiary/aromatic N) is 2. The first-order chi connectivity index (χ1) is 10.8. The molecule has 0 bridgehead atoms. The molecule has 0 fully saturated rings. The molecule has 0 atom stereocenters. The third-order valence-electron chi connectivity index (χ3n) is 3.88. The number of pyridine rings is 1. The van der Waals surface area contributed by atoms with E-state index in [1.807, 2.05) is 0 Å². The van der Waals surface area contributed by atoms with Crippen molar-refractivity contribution in [3.8, 4) is 0 Å². The largest absolute Gasteiger partial charge is 1.00 e. The standard InChI is InChI=1S/C20H21N2.ClH/c1-21(2)19-13-15-22(16-14-19)20(17-9-5-3-6-10-17)18-11-7-4-8-12-18;/h3-16,20H,1-2H3;1H/q+1;/p-1. The second-order valence-electron chi connectivity index (χ2n) is 5.62. The summed E-state index contributed by atoms with van der Waals surface area (Å²) in [5.41, 5.74) is 3.78. The summed E-state index contributed by atoms with van der Waals surface area (Å²) in [4.78, 5) is 2.12. The Balaban J connectivity index is 0.00000192. The fourth-order valence-corrected chi connectivity index (χ4v) is 2.71. The van der Waals surface area contributed by atoms with Crippen molar-refractivity contribution >= 4 is 5.69 Å². The average molecular weight is 325 g/mol. The zero-order chi connectivity index (χ0) is 15.4. The number of anilines is 1. The second-order valence-corrected chi connectivity index (χ2v) is 5.62. The fourth-order valence-electron chi connectivity index (χ4n) is 2.71. The maximum atomic E-state index is 2.26. The molecule has 2 aromatic carbocycles. The van der Waals surface area contributed by atoms with E-state index in [2.05, 4.69) is 109 Å². The Hall–Kier alpha value is -2.32. The van der Waals surface area contributed by atoms with Crippen LogP contribution in [0, 0.1) is 0 Å². The van der Waals surface area contributed by atoms with Gasteiger partial charge in [0.25, 0.3) is 0 Å². The van der Waals surface area contributed by atoms with E-state index in [0.717, 1.165) is 0 Å². The highest BCUT2D eigenvalue weighted by Gasteiger charge is 2.22. The molecule has 0 spiro atoms. The van der Waals surface area contributed by atoms with Gasteiger partial charge in [0.15, 0.2) is 12.4 Å². The van der Waals surface area contributed by atoms with Gasteiger partial charge in [0, 0.05) is 43.0 Å². The van der Waals surface area contributed by atoms with Crippen LogP contribution in [0.5, 0.6) is 0 Å². The molecule has 1 heterocycles. The first kappa shape index (κ1) is 17.0. The minimum atomic E-state index is 0. The molecule has 3 rings (SSSR count). The third kappa shape index (κ3) is 3.91. The van der Waals surface area contributed by atoms with Crippen LogP contribution in [0.3, 0.4) is 0 Å². The lowest BCUT2D eigenvalue weighted by molar-refractivity contribution is -0.704. The number of aromatic nitrogens is 1. The lowest BCUT2D eigenvalue weighted by atomic mass is 9.98. The summed E-state index contributed by atoms with van der Waals surface area (Å²) in [6.45, 7) is 0. The van der Waals surface area contributed by atoms with Crippen molar-refractivity contribution in [2.45, 2.75) is 6.04 Å². The van der Waals surface area contributed by atoms with Gasteiger partial charge >= 0.3 is 0 Å². The quantitative estimate of drug-likeness (QED) is 0.640. The SMILES string of the molecule is CN(C)c1cc[n+](C(c2ccccc2)c2ccccc2)cc1.[Cl-]. The van der Waals surface area contributed by atoms with Gasteiger partial charge in [-0.25, -0.2) is 0 Å². The first-order valence-corrected chi connectivity index (χ1v) is 7.54. The minimum absolute atomic E-state index is 0. The Morgan fingerprint density at radius 1 is 0.696 bits per heavy atom. The molecule has 118 valence electrons. The molecule has 0 radical (unpaired) electrons. The molecule has 0 saturated heterocycles. The van der Waals surface area contributed by atoms with E-state index < -0.39 is 0 Å². The van der Waals surface area contributed by atoms with Crippen LogP contribution >= 0.6 is 0 Å². The van der Waals surface area contributed by atoms with Gasteiger partial charge in [-0.05, 0) is 0 Å². The summed E-state index contributed by atoms with van der Waals surface area (Å²) < 4.78 is 2.26. The molecule has 23 heavy (non-hydrogen) atoms. The Bertz CT molecular complexity index is 670. The van der Waals surface area contributed by atoms with Gasteiger partial charge in [-0.2, -0.15) is 4.57 Å². The van der Waals surface area contributed by atoms with Gasteiger partial charge in [0.1, 0.15) is 0 Å². The van der Waals surface area contributed by atoms with E-state index in [4.69, 9.17) is 0 Å². The van der Waals surface area contributed by atoms with Crippen LogP contribution in [0.1, 0.15) is 17.2 Å². The van der Waals surface area contributed by atoms with E-state index >= 15 is 0 Å². The highest BCUT2D eigenvalue weighted by atomic mass is 35.5. The van der Waals surface area contributed by atoms with Crippen LogP contribution in [0.2, 0.25) is 0 Å². The Labute approximate surface area is 144 Å². The maximum Gasteiger partial charge on any atom is 0.208 e. The summed E-state index contributed by atoms with van der Waals surface area (Å²) in [7, 11) is 4.12. The zero-order valence-electron chi connectivity index (χ0n) is 13.4. The molecule has 0 aliphatic rings. The lowest BCUT2D eigenvalue weighted by Crippen LogP contribution is -3.00. The van der Waals surface area contributed by atoms with Gasteiger partial charge in [-0.1, -0.05) is 60.7 Å². The molecule has 0 saturated carbocycles. The van der Waals surface area contributed by atoms with Crippen molar-refractivity contribution in [3.63, 3.8) is 0 Å². The van der Waals surface area contributed by atoms with Gasteiger partial charge in [-0.15, -0.1) is 0 Å². The molecule has 0 unspecified atom stereocenters. The summed E-state index contributed by atoms with van der Waals surface area (Å²) in [6, 6.07) is 25.7. The topological polar surface area (TPSA) is 7.12 Å². The smallest absolute Gasteiger partial charge is 0.208 e. The van der Waals surface area contributed by atoms with Crippen LogP contribution < -0.4 is 21.9 Å². The molecule has 2 nitrogen and oxygen atoms in total. The van der Waals surface area contributed by atoms with Gasteiger partial charge in [0.05, 0.1) is 0 Å². The van der Waals surface area contributed by atoms with E-state index in [-0.39, 0.29) is 18.4 Å². The van der Waals surface area contributed by atoms with E-state index in [1.54, 1.807) is 0 Å². The van der Waals surface area contributed by atoms with E-state index in [9.17, 15) is 0 Å². The molecule has 3 aromatic rings. The van der Waals surface area contributed by atoms with Crippen LogP contribution in [0.15, 0.2) is 85.2 Å². The first-order valence-electron chi connectivity index (χ1n) is 7.54. The van der Waals surface area contributed by atoms with Crippen molar-refractivity contribution in [1.29, 1.82) is 0 Å². The Kier molecular flexibility index (Phi) is 5.78. The Morgan fingerprint density at radius 3 is 1.52 bits per heavy atom. The minimum Gasteiger partial charge on any atom is -1.00 e. The van der Waals surface area contributed by atoms with Crippen LogP contribution in [-0.4, -0.2) is 14.1 Å². The van der Waals surface area contributed by atoms with Crippen molar-refractivity contribution < 1.29 is 17.0 Å². The van der Waals surface area contributed by atoms with Crippen molar-refractivity contribution in [2.24, 2.45) is 0 Å². The van der Waals surface area contributed by atoms with Gasteiger partial charge < -0.3 is 17.3 Å². The number of halogens is 1. The Morgan fingerprint density at radius 2 is 1.13 bits per heavy atom.